The molecule has 16 heavy (non-hydrogen) atoms. The van der Waals surface area contributed by atoms with Crippen LogP contribution in [0.15, 0.2) is 30.3 Å². The Hall–Kier alpha value is -2.30. The highest BCUT2D eigenvalue weighted by atomic mass is 16.4. The van der Waals surface area contributed by atoms with Gasteiger partial charge in [-0.25, -0.2) is 9.48 Å². The summed E-state index contributed by atoms with van der Waals surface area (Å²) >= 11 is 0. The van der Waals surface area contributed by atoms with Crippen LogP contribution in [-0.4, -0.2) is 26.0 Å². The molecule has 0 saturated carbocycles. The normalized spacial score (nSPS) is 10.3. The first kappa shape index (κ1) is 10.2. The Bertz CT molecular complexity index is 532. The minimum atomic E-state index is -1.15. The van der Waals surface area contributed by atoms with Crippen molar-refractivity contribution in [1.29, 1.82) is 0 Å². The largest absolute Gasteiger partial charge is 0.493 e. The van der Waals surface area contributed by atoms with Gasteiger partial charge in [0.15, 0.2) is 5.69 Å². The number of aromatic hydroxyl groups is 1. The van der Waals surface area contributed by atoms with E-state index in [9.17, 15) is 9.90 Å². The van der Waals surface area contributed by atoms with Crippen molar-refractivity contribution < 1.29 is 15.0 Å². The molecule has 0 aliphatic carbocycles. The highest BCUT2D eigenvalue weighted by Gasteiger charge is 2.19. The number of hydrogen-bond donors (Lipinski definition) is 2. The molecule has 2 rings (SSSR count). The molecule has 0 amide bonds. The fourth-order valence-corrected chi connectivity index (χ4v) is 1.44. The van der Waals surface area contributed by atoms with Crippen molar-refractivity contribution in [3.63, 3.8) is 0 Å². The van der Waals surface area contributed by atoms with E-state index in [1.165, 1.54) is 11.6 Å². The van der Waals surface area contributed by atoms with Gasteiger partial charge in [-0.2, -0.15) is 5.10 Å². The molecule has 2 aromatic rings. The van der Waals surface area contributed by atoms with Gasteiger partial charge in [0.05, 0.1) is 5.69 Å². The molecule has 0 atom stereocenters. The molecule has 1 heterocycles. The van der Waals surface area contributed by atoms with E-state index < -0.39 is 5.97 Å². The number of aromatic carboxylic acids is 1. The molecule has 1 aromatic heterocycles. The minimum absolute atomic E-state index is 0.138. The number of nitrogens with zero attached hydrogens (tertiary/aromatic N) is 2. The van der Waals surface area contributed by atoms with Gasteiger partial charge in [-0.05, 0) is 19.1 Å². The van der Waals surface area contributed by atoms with Gasteiger partial charge < -0.3 is 10.2 Å². The van der Waals surface area contributed by atoms with E-state index in [-0.39, 0.29) is 17.1 Å². The molecule has 2 N–H and O–H groups in total. The third-order valence-corrected chi connectivity index (χ3v) is 2.29. The number of hydrogen-bond acceptors (Lipinski definition) is 3. The van der Waals surface area contributed by atoms with Crippen LogP contribution >= 0.6 is 0 Å². The molecule has 1 aromatic carbocycles. The van der Waals surface area contributed by atoms with E-state index >= 15 is 0 Å². The number of carboxylic acids is 1. The average Bonchev–Trinajstić information content (AvgIpc) is 2.58. The van der Waals surface area contributed by atoms with E-state index in [4.69, 9.17) is 5.11 Å². The van der Waals surface area contributed by atoms with E-state index in [1.807, 2.05) is 6.07 Å². The molecule has 0 unspecified atom stereocenters. The maximum atomic E-state index is 10.8. The van der Waals surface area contributed by atoms with Crippen molar-refractivity contribution in [3.8, 4) is 11.6 Å². The fraction of sp³-hybridized carbons (Fsp3) is 0.0909. The Morgan fingerprint density at radius 2 is 1.94 bits per heavy atom. The average molecular weight is 218 g/mol. The summed E-state index contributed by atoms with van der Waals surface area (Å²) < 4.78 is 1.21. The number of aromatic nitrogens is 2. The zero-order chi connectivity index (χ0) is 11.7. The molecular formula is C11H10N2O3. The zero-order valence-electron chi connectivity index (χ0n) is 8.58. The first-order valence-electron chi connectivity index (χ1n) is 4.68. The second-order valence-electron chi connectivity index (χ2n) is 3.35. The van der Waals surface area contributed by atoms with E-state index in [0.29, 0.717) is 5.69 Å². The second kappa shape index (κ2) is 3.69. The predicted molar refractivity (Wildman–Crippen MR) is 56.9 cm³/mol. The van der Waals surface area contributed by atoms with Crippen LogP contribution in [0.1, 0.15) is 16.1 Å². The SMILES string of the molecule is Cc1c(C(=O)O)nn(-c2ccccc2)c1O. The van der Waals surface area contributed by atoms with Crippen molar-refractivity contribution in [2.24, 2.45) is 0 Å². The van der Waals surface area contributed by atoms with Crippen LogP contribution in [0.5, 0.6) is 5.88 Å². The molecule has 82 valence electrons. The van der Waals surface area contributed by atoms with Crippen LogP contribution in [0.3, 0.4) is 0 Å². The standard InChI is InChI=1S/C11H10N2O3/c1-7-9(11(15)16)12-13(10(7)14)8-5-3-2-4-6-8/h2-6,14H,1H3,(H,15,16). The molecule has 0 aliphatic heterocycles. The van der Waals surface area contributed by atoms with Crippen molar-refractivity contribution in [2.45, 2.75) is 6.92 Å². The maximum absolute atomic E-state index is 10.8. The second-order valence-corrected chi connectivity index (χ2v) is 3.35. The monoisotopic (exact) mass is 218 g/mol. The lowest BCUT2D eigenvalue weighted by Crippen LogP contribution is -2.01. The minimum Gasteiger partial charge on any atom is -0.493 e. The zero-order valence-corrected chi connectivity index (χ0v) is 8.58. The van der Waals surface area contributed by atoms with Gasteiger partial charge in [-0.1, -0.05) is 18.2 Å². The van der Waals surface area contributed by atoms with E-state index in [2.05, 4.69) is 5.10 Å². The van der Waals surface area contributed by atoms with E-state index in [0.717, 1.165) is 0 Å². The third kappa shape index (κ3) is 1.52. The lowest BCUT2D eigenvalue weighted by atomic mass is 10.2. The summed E-state index contributed by atoms with van der Waals surface area (Å²) in [6.07, 6.45) is 0. The molecule has 5 nitrogen and oxygen atoms in total. The molecule has 0 saturated heterocycles. The first-order chi connectivity index (χ1) is 7.61. The van der Waals surface area contributed by atoms with Crippen LogP contribution in [-0.2, 0) is 0 Å². The van der Waals surface area contributed by atoms with Gasteiger partial charge in [-0.15, -0.1) is 0 Å². The van der Waals surface area contributed by atoms with Gasteiger partial charge in [0.1, 0.15) is 0 Å². The molecule has 0 aliphatic rings. The highest BCUT2D eigenvalue weighted by molar-refractivity contribution is 5.87. The Morgan fingerprint density at radius 3 is 2.44 bits per heavy atom. The molecule has 5 heteroatoms. The quantitative estimate of drug-likeness (QED) is 0.802. The summed E-state index contributed by atoms with van der Waals surface area (Å²) in [6, 6.07) is 8.86. The molecule has 0 fully saturated rings. The summed E-state index contributed by atoms with van der Waals surface area (Å²) in [7, 11) is 0. The lowest BCUT2D eigenvalue weighted by Gasteiger charge is -2.01. The fourth-order valence-electron chi connectivity index (χ4n) is 1.44. The van der Waals surface area contributed by atoms with Gasteiger partial charge in [0, 0.05) is 5.56 Å². The van der Waals surface area contributed by atoms with Crippen molar-refractivity contribution in [2.75, 3.05) is 0 Å². The van der Waals surface area contributed by atoms with Crippen LogP contribution in [0.25, 0.3) is 5.69 Å². The molecule has 0 spiro atoms. The van der Waals surface area contributed by atoms with Crippen LogP contribution in [0.2, 0.25) is 0 Å². The highest BCUT2D eigenvalue weighted by Crippen LogP contribution is 2.23. The molecule has 0 bridgehead atoms. The number of carboxylic acid groups (broad SMARTS) is 1. The number of benzene rings is 1. The Kier molecular flexibility index (Phi) is 2.36. The van der Waals surface area contributed by atoms with Crippen molar-refractivity contribution >= 4 is 5.97 Å². The summed E-state index contributed by atoms with van der Waals surface area (Å²) in [5.74, 6) is -1.30. The number of carbonyl (C=O) groups is 1. The Balaban J connectivity index is 2.60. The van der Waals surface area contributed by atoms with Crippen molar-refractivity contribution in [3.05, 3.63) is 41.6 Å². The Labute approximate surface area is 91.6 Å². The third-order valence-electron chi connectivity index (χ3n) is 2.29. The van der Waals surface area contributed by atoms with Crippen molar-refractivity contribution in [1.82, 2.24) is 9.78 Å². The molecule has 0 radical (unpaired) electrons. The van der Waals surface area contributed by atoms with Gasteiger partial charge in [-0.3, -0.25) is 0 Å². The molecular weight excluding hydrogens is 208 g/mol. The summed E-state index contributed by atoms with van der Waals surface area (Å²) in [5.41, 5.74) is 0.744. The van der Waals surface area contributed by atoms with Crippen LogP contribution in [0.4, 0.5) is 0 Å². The first-order valence-corrected chi connectivity index (χ1v) is 4.68. The lowest BCUT2D eigenvalue weighted by molar-refractivity contribution is 0.0689. The predicted octanol–water partition coefficient (Wildman–Crippen LogP) is 1.58. The van der Waals surface area contributed by atoms with Gasteiger partial charge in [0.2, 0.25) is 5.88 Å². The van der Waals surface area contributed by atoms with Gasteiger partial charge in [0.25, 0.3) is 0 Å². The summed E-state index contributed by atoms with van der Waals surface area (Å²) in [5, 5.41) is 22.5. The maximum Gasteiger partial charge on any atom is 0.356 e. The summed E-state index contributed by atoms with van der Waals surface area (Å²) in [4.78, 5) is 10.8. The summed E-state index contributed by atoms with van der Waals surface area (Å²) in [6.45, 7) is 1.52. The number of rotatable bonds is 2. The number of para-hydroxylation sites is 1. The Morgan fingerprint density at radius 1 is 1.31 bits per heavy atom. The smallest absolute Gasteiger partial charge is 0.356 e. The van der Waals surface area contributed by atoms with Gasteiger partial charge >= 0.3 is 5.97 Å². The van der Waals surface area contributed by atoms with Crippen LogP contribution < -0.4 is 0 Å². The van der Waals surface area contributed by atoms with Crippen LogP contribution in [0, 0.1) is 6.92 Å². The topological polar surface area (TPSA) is 75.3 Å². The van der Waals surface area contributed by atoms with E-state index in [1.54, 1.807) is 24.3 Å².